The summed E-state index contributed by atoms with van der Waals surface area (Å²) in [4.78, 5) is 33.4. The van der Waals surface area contributed by atoms with Crippen LogP contribution in [-0.2, 0) is 9.47 Å². The zero-order valence-corrected chi connectivity index (χ0v) is 21.9. The van der Waals surface area contributed by atoms with E-state index in [-0.39, 0.29) is 39.3 Å². The third-order valence-corrected chi connectivity index (χ3v) is 6.61. The van der Waals surface area contributed by atoms with Gasteiger partial charge >= 0.3 is 12.1 Å². The molecule has 2 heterocycles. The van der Waals surface area contributed by atoms with Crippen molar-refractivity contribution < 1.29 is 23.5 Å². The average Bonchev–Trinajstić information content (AvgIpc) is 2.69. The number of esters is 1. The minimum atomic E-state index is -0.617. The van der Waals surface area contributed by atoms with E-state index in [4.69, 9.17) is 21.1 Å². The maximum Gasteiger partial charge on any atom is 0.410 e. The van der Waals surface area contributed by atoms with Gasteiger partial charge in [0, 0.05) is 24.7 Å². The van der Waals surface area contributed by atoms with E-state index in [0.29, 0.717) is 24.2 Å². The predicted octanol–water partition coefficient (Wildman–Crippen LogP) is 5.80. The SMILES string of the molecule is CCOC(=O)c1cnc2c(F)c(Br)c(Cl)cc2c1N1C[C@@H](C)N(C(=O)OC(C)(C)C)[C@@H](C)C1. The van der Waals surface area contributed by atoms with Gasteiger partial charge in [0.15, 0.2) is 5.82 Å². The van der Waals surface area contributed by atoms with Gasteiger partial charge in [-0.25, -0.2) is 14.0 Å². The minimum absolute atomic E-state index is 0.0872. The van der Waals surface area contributed by atoms with E-state index in [0.717, 1.165) is 0 Å². The van der Waals surface area contributed by atoms with Crippen molar-refractivity contribution in [1.29, 1.82) is 0 Å². The number of hydrogen-bond donors (Lipinski definition) is 0. The first-order valence-corrected chi connectivity index (χ1v) is 11.9. The molecule has 2 aromatic rings. The monoisotopic (exact) mass is 543 g/mol. The number of pyridine rings is 1. The van der Waals surface area contributed by atoms with Crippen molar-refractivity contribution in [1.82, 2.24) is 9.88 Å². The maximum absolute atomic E-state index is 15.0. The Labute approximate surface area is 206 Å². The quantitative estimate of drug-likeness (QED) is 0.359. The van der Waals surface area contributed by atoms with E-state index >= 15 is 0 Å². The Balaban J connectivity index is 2.09. The minimum Gasteiger partial charge on any atom is -0.462 e. The highest BCUT2D eigenvalue weighted by atomic mass is 79.9. The Morgan fingerprint density at radius 1 is 1.27 bits per heavy atom. The van der Waals surface area contributed by atoms with Gasteiger partial charge in [0.2, 0.25) is 0 Å². The number of halogens is 3. The molecule has 0 aliphatic carbocycles. The number of fused-ring (bicyclic) bond motifs is 1. The number of ether oxygens (including phenoxy) is 2. The Kier molecular flexibility index (Phi) is 7.43. The molecule has 1 aliphatic heterocycles. The molecular formula is C23H28BrClFN3O4. The van der Waals surface area contributed by atoms with E-state index in [1.54, 1.807) is 17.9 Å². The first kappa shape index (κ1) is 25.5. The molecule has 1 amide bonds. The molecule has 180 valence electrons. The third kappa shape index (κ3) is 5.19. The van der Waals surface area contributed by atoms with E-state index < -0.39 is 23.5 Å². The molecule has 33 heavy (non-hydrogen) atoms. The van der Waals surface area contributed by atoms with Gasteiger partial charge in [0.1, 0.15) is 16.7 Å². The number of piperazine rings is 1. The number of benzene rings is 1. The van der Waals surface area contributed by atoms with Gasteiger partial charge in [-0.2, -0.15) is 0 Å². The highest BCUT2D eigenvalue weighted by Crippen LogP contribution is 2.39. The van der Waals surface area contributed by atoms with Crippen molar-refractivity contribution in [3.8, 4) is 0 Å². The van der Waals surface area contributed by atoms with Crippen LogP contribution in [0.2, 0.25) is 5.02 Å². The Hall–Kier alpha value is -2.13. The number of rotatable bonds is 3. The molecule has 3 rings (SSSR count). The van der Waals surface area contributed by atoms with Gasteiger partial charge in [0.05, 0.1) is 33.9 Å². The first-order chi connectivity index (χ1) is 15.4. The van der Waals surface area contributed by atoms with E-state index in [1.165, 1.54) is 6.20 Å². The molecular weight excluding hydrogens is 517 g/mol. The van der Waals surface area contributed by atoms with Gasteiger partial charge in [-0.1, -0.05) is 11.6 Å². The topological polar surface area (TPSA) is 72.0 Å². The van der Waals surface area contributed by atoms with Crippen molar-refractivity contribution in [3.05, 3.63) is 33.1 Å². The van der Waals surface area contributed by atoms with Crippen LogP contribution in [0.4, 0.5) is 14.9 Å². The van der Waals surface area contributed by atoms with Crippen molar-refractivity contribution in [3.63, 3.8) is 0 Å². The molecule has 2 atom stereocenters. The maximum atomic E-state index is 15.0. The molecule has 7 nitrogen and oxygen atoms in total. The number of carbonyl (C=O) groups excluding carboxylic acids is 2. The van der Waals surface area contributed by atoms with Crippen molar-refractivity contribution in [2.75, 3.05) is 24.6 Å². The summed E-state index contributed by atoms with van der Waals surface area (Å²) in [6.07, 6.45) is 0.930. The van der Waals surface area contributed by atoms with E-state index in [2.05, 4.69) is 20.9 Å². The molecule has 1 saturated heterocycles. The summed E-state index contributed by atoms with van der Waals surface area (Å²) in [6.45, 7) is 12.0. The molecule has 0 radical (unpaired) electrons. The number of amides is 1. The lowest BCUT2D eigenvalue weighted by Gasteiger charge is -2.45. The Bertz CT molecular complexity index is 1080. The van der Waals surface area contributed by atoms with Crippen molar-refractivity contribution >= 4 is 56.2 Å². The molecule has 1 fully saturated rings. The van der Waals surface area contributed by atoms with Crippen LogP contribution in [0.15, 0.2) is 16.7 Å². The van der Waals surface area contributed by atoms with Gasteiger partial charge in [-0.15, -0.1) is 0 Å². The largest absolute Gasteiger partial charge is 0.462 e. The normalized spacial score (nSPS) is 19.1. The van der Waals surface area contributed by atoms with Crippen LogP contribution in [0.1, 0.15) is 51.9 Å². The van der Waals surface area contributed by atoms with Crippen LogP contribution in [0.5, 0.6) is 0 Å². The standard InChI is InChI=1S/C23H28BrClFN3O4/c1-7-32-21(30)15-9-27-19-14(8-16(25)17(24)18(19)26)20(15)28-10-12(2)29(13(3)11-28)22(31)33-23(4,5)6/h8-9,12-13H,7,10-11H2,1-6H3/t12-,13+. The van der Waals surface area contributed by atoms with Crippen LogP contribution in [0.25, 0.3) is 10.9 Å². The van der Waals surface area contributed by atoms with Gasteiger partial charge < -0.3 is 14.4 Å². The summed E-state index contributed by atoms with van der Waals surface area (Å²) in [5.74, 6) is -1.17. The highest BCUT2D eigenvalue weighted by Gasteiger charge is 2.37. The molecule has 1 aromatic carbocycles. The Morgan fingerprint density at radius 3 is 2.42 bits per heavy atom. The van der Waals surface area contributed by atoms with Gasteiger partial charge in [-0.3, -0.25) is 9.88 Å². The fraction of sp³-hybridized carbons (Fsp3) is 0.522. The summed E-state index contributed by atoms with van der Waals surface area (Å²) in [5.41, 5.74) is 0.166. The second-order valence-corrected chi connectivity index (χ2v) is 10.3. The molecule has 0 N–H and O–H groups in total. The van der Waals surface area contributed by atoms with Gasteiger partial charge in [-0.05, 0) is 63.5 Å². The summed E-state index contributed by atoms with van der Waals surface area (Å²) in [5, 5.41) is 0.564. The molecule has 0 unspecified atom stereocenters. The number of nitrogens with zero attached hydrogens (tertiary/aromatic N) is 3. The van der Waals surface area contributed by atoms with Crippen LogP contribution in [0, 0.1) is 5.82 Å². The molecule has 10 heteroatoms. The van der Waals surface area contributed by atoms with Crippen molar-refractivity contribution in [2.24, 2.45) is 0 Å². The summed E-state index contributed by atoms with van der Waals surface area (Å²) < 4.78 is 25.9. The molecule has 1 aromatic heterocycles. The summed E-state index contributed by atoms with van der Waals surface area (Å²) in [7, 11) is 0. The van der Waals surface area contributed by atoms with E-state index in [1.807, 2.05) is 39.5 Å². The number of anilines is 1. The fourth-order valence-electron chi connectivity index (χ4n) is 4.11. The first-order valence-electron chi connectivity index (χ1n) is 10.7. The third-order valence-electron chi connectivity index (χ3n) is 5.30. The average molecular weight is 545 g/mol. The second kappa shape index (κ2) is 9.62. The van der Waals surface area contributed by atoms with E-state index in [9.17, 15) is 14.0 Å². The van der Waals surface area contributed by atoms with Crippen LogP contribution >= 0.6 is 27.5 Å². The molecule has 0 saturated carbocycles. The summed E-state index contributed by atoms with van der Waals surface area (Å²) >= 11 is 9.41. The fourth-order valence-corrected chi connectivity index (χ4v) is 4.60. The molecule has 0 spiro atoms. The highest BCUT2D eigenvalue weighted by molar-refractivity contribution is 9.10. The zero-order chi connectivity index (χ0) is 24.7. The Morgan fingerprint density at radius 2 is 1.88 bits per heavy atom. The second-order valence-electron chi connectivity index (χ2n) is 9.11. The zero-order valence-electron chi connectivity index (χ0n) is 19.5. The number of carbonyl (C=O) groups is 2. The summed E-state index contributed by atoms with van der Waals surface area (Å²) in [6, 6.07) is 1.11. The van der Waals surface area contributed by atoms with Crippen LogP contribution in [-0.4, -0.2) is 59.3 Å². The molecule has 0 bridgehead atoms. The number of aromatic nitrogens is 1. The van der Waals surface area contributed by atoms with Crippen LogP contribution in [0.3, 0.4) is 0 Å². The van der Waals surface area contributed by atoms with Crippen LogP contribution < -0.4 is 4.90 Å². The lowest BCUT2D eigenvalue weighted by molar-refractivity contribution is 0.00559. The lowest BCUT2D eigenvalue weighted by Crippen LogP contribution is -2.59. The molecule has 1 aliphatic rings. The lowest BCUT2D eigenvalue weighted by atomic mass is 10.0. The number of hydrogen-bond acceptors (Lipinski definition) is 6. The smallest absolute Gasteiger partial charge is 0.410 e. The predicted molar refractivity (Wildman–Crippen MR) is 130 cm³/mol. The van der Waals surface area contributed by atoms with Gasteiger partial charge in [0.25, 0.3) is 0 Å². The van der Waals surface area contributed by atoms with Crippen molar-refractivity contribution in [2.45, 2.75) is 59.2 Å².